The molecule has 76 valence electrons. The second-order valence-electron chi connectivity index (χ2n) is 2.86. The summed E-state index contributed by atoms with van der Waals surface area (Å²) in [5.41, 5.74) is 1.65. The van der Waals surface area contributed by atoms with E-state index in [9.17, 15) is 0 Å². The third-order valence-electron chi connectivity index (χ3n) is 1.79. The summed E-state index contributed by atoms with van der Waals surface area (Å²) in [6.45, 7) is 0. The Morgan fingerprint density at radius 3 is 2.53 bits per heavy atom. The van der Waals surface area contributed by atoms with E-state index in [-0.39, 0.29) is 5.28 Å². The fourth-order valence-electron chi connectivity index (χ4n) is 1.19. The van der Waals surface area contributed by atoms with Crippen LogP contribution < -0.4 is 0 Å². The van der Waals surface area contributed by atoms with Crippen LogP contribution in [0.25, 0.3) is 11.3 Å². The number of hydrogen-bond acceptors (Lipinski definition) is 2. The Kier molecular flexibility index (Phi) is 3.24. The predicted molar refractivity (Wildman–Crippen MR) is 65.2 cm³/mol. The number of hydrogen-bond donors (Lipinski definition) is 0. The molecule has 5 heteroatoms. The summed E-state index contributed by atoms with van der Waals surface area (Å²) in [5.74, 6) is 0. The third kappa shape index (κ3) is 2.68. The molecule has 2 aromatic rings. The summed E-state index contributed by atoms with van der Waals surface area (Å²) in [6.07, 6.45) is 0. The van der Waals surface area contributed by atoms with Gasteiger partial charge in [0.2, 0.25) is 5.28 Å². The van der Waals surface area contributed by atoms with Gasteiger partial charge >= 0.3 is 0 Å². The van der Waals surface area contributed by atoms with E-state index in [4.69, 9.17) is 23.2 Å². The first kappa shape index (κ1) is 10.9. The summed E-state index contributed by atoms with van der Waals surface area (Å²) >= 11 is 14.9. The first-order valence-electron chi connectivity index (χ1n) is 4.11. The molecule has 0 aliphatic rings. The highest BCUT2D eigenvalue weighted by Gasteiger charge is 2.03. The van der Waals surface area contributed by atoms with Crippen LogP contribution in [0.1, 0.15) is 0 Å². The Balaban J connectivity index is 2.54. The molecule has 0 aliphatic carbocycles. The molecule has 0 fully saturated rings. The third-order valence-corrected chi connectivity index (χ3v) is 2.60. The summed E-state index contributed by atoms with van der Waals surface area (Å²) in [6, 6.07) is 9.20. The minimum absolute atomic E-state index is 0.208. The molecule has 0 saturated carbocycles. The van der Waals surface area contributed by atoms with Gasteiger partial charge in [-0.15, -0.1) is 0 Å². The van der Waals surface area contributed by atoms with Crippen LogP contribution in [0.2, 0.25) is 10.3 Å². The van der Waals surface area contributed by atoms with E-state index in [1.165, 1.54) is 0 Å². The normalized spacial score (nSPS) is 10.3. The number of halogens is 3. The lowest BCUT2D eigenvalue weighted by molar-refractivity contribution is 1.14. The SMILES string of the molecule is Clc1cccc(-c2cc(Br)nc(Cl)n2)c1. The van der Waals surface area contributed by atoms with E-state index in [0.29, 0.717) is 9.63 Å². The van der Waals surface area contributed by atoms with Gasteiger partial charge < -0.3 is 0 Å². The van der Waals surface area contributed by atoms with E-state index in [1.54, 1.807) is 6.07 Å². The Morgan fingerprint density at radius 1 is 1.07 bits per heavy atom. The smallest absolute Gasteiger partial charge is 0.218 e. The molecular weight excluding hydrogens is 299 g/mol. The summed E-state index contributed by atoms with van der Waals surface area (Å²) in [7, 11) is 0. The first-order chi connectivity index (χ1) is 7.15. The Bertz CT molecular complexity index is 482. The molecule has 0 amide bonds. The van der Waals surface area contributed by atoms with Crippen molar-refractivity contribution in [3.63, 3.8) is 0 Å². The maximum absolute atomic E-state index is 5.89. The quantitative estimate of drug-likeness (QED) is 0.582. The monoisotopic (exact) mass is 302 g/mol. The molecule has 0 radical (unpaired) electrons. The molecule has 2 nitrogen and oxygen atoms in total. The molecule has 15 heavy (non-hydrogen) atoms. The summed E-state index contributed by atoms with van der Waals surface area (Å²) < 4.78 is 0.650. The van der Waals surface area contributed by atoms with Crippen LogP contribution in [0.3, 0.4) is 0 Å². The van der Waals surface area contributed by atoms with E-state index in [1.807, 2.05) is 24.3 Å². The zero-order chi connectivity index (χ0) is 10.8. The van der Waals surface area contributed by atoms with Crippen LogP contribution in [0.5, 0.6) is 0 Å². The molecule has 1 aromatic heterocycles. The molecule has 0 N–H and O–H groups in total. The molecule has 0 atom stereocenters. The van der Waals surface area contributed by atoms with Crippen molar-refractivity contribution in [2.45, 2.75) is 0 Å². The van der Waals surface area contributed by atoms with Crippen LogP contribution in [0.4, 0.5) is 0 Å². The highest BCUT2D eigenvalue weighted by molar-refractivity contribution is 9.10. The molecule has 0 aliphatic heterocycles. The van der Waals surface area contributed by atoms with Gasteiger partial charge in [0.15, 0.2) is 0 Å². The van der Waals surface area contributed by atoms with E-state index in [0.717, 1.165) is 11.3 Å². The second kappa shape index (κ2) is 4.47. The molecule has 0 bridgehead atoms. The zero-order valence-electron chi connectivity index (χ0n) is 7.42. The second-order valence-corrected chi connectivity index (χ2v) is 4.44. The van der Waals surface area contributed by atoms with Gasteiger partial charge in [-0.1, -0.05) is 23.7 Å². The number of benzene rings is 1. The zero-order valence-corrected chi connectivity index (χ0v) is 10.5. The minimum atomic E-state index is 0.208. The predicted octanol–water partition coefficient (Wildman–Crippen LogP) is 4.21. The van der Waals surface area contributed by atoms with Crippen molar-refractivity contribution in [1.82, 2.24) is 9.97 Å². The summed E-state index contributed by atoms with van der Waals surface area (Å²) in [5, 5.41) is 0.873. The number of nitrogens with zero attached hydrogens (tertiary/aromatic N) is 2. The van der Waals surface area contributed by atoms with Crippen molar-refractivity contribution in [1.29, 1.82) is 0 Å². The van der Waals surface area contributed by atoms with Gasteiger partial charge in [-0.25, -0.2) is 9.97 Å². The lowest BCUT2D eigenvalue weighted by Gasteiger charge is -2.02. The maximum atomic E-state index is 5.89. The lowest BCUT2D eigenvalue weighted by atomic mass is 10.1. The Morgan fingerprint density at radius 2 is 1.87 bits per heavy atom. The molecule has 1 heterocycles. The summed E-state index contributed by atoms with van der Waals surface area (Å²) in [4.78, 5) is 8.03. The van der Waals surface area contributed by atoms with Gasteiger partial charge in [0.1, 0.15) is 4.60 Å². The average molecular weight is 304 g/mol. The molecule has 0 spiro atoms. The van der Waals surface area contributed by atoms with Crippen molar-refractivity contribution in [2.75, 3.05) is 0 Å². The van der Waals surface area contributed by atoms with Gasteiger partial charge in [-0.2, -0.15) is 0 Å². The fourth-order valence-corrected chi connectivity index (χ4v) is 2.04. The molecule has 2 rings (SSSR count). The standard InChI is InChI=1S/C10H5BrCl2N2/c11-9-5-8(14-10(13)15-9)6-2-1-3-7(12)4-6/h1-5H. The van der Waals surface area contributed by atoms with Crippen molar-refractivity contribution >= 4 is 39.1 Å². The van der Waals surface area contributed by atoms with E-state index >= 15 is 0 Å². The van der Waals surface area contributed by atoms with Crippen LogP contribution in [0, 0.1) is 0 Å². The Labute approximate surface area is 105 Å². The first-order valence-corrected chi connectivity index (χ1v) is 5.66. The van der Waals surface area contributed by atoms with Crippen LogP contribution in [-0.4, -0.2) is 9.97 Å². The van der Waals surface area contributed by atoms with Gasteiger partial charge in [0, 0.05) is 10.6 Å². The number of rotatable bonds is 1. The highest BCUT2D eigenvalue weighted by atomic mass is 79.9. The van der Waals surface area contributed by atoms with Gasteiger partial charge in [-0.05, 0) is 45.7 Å². The van der Waals surface area contributed by atoms with Crippen molar-refractivity contribution in [3.8, 4) is 11.3 Å². The largest absolute Gasteiger partial charge is 0.223 e. The van der Waals surface area contributed by atoms with Crippen molar-refractivity contribution in [2.24, 2.45) is 0 Å². The van der Waals surface area contributed by atoms with Gasteiger partial charge in [0.05, 0.1) is 5.69 Å². The van der Waals surface area contributed by atoms with Crippen LogP contribution >= 0.6 is 39.1 Å². The van der Waals surface area contributed by atoms with Crippen LogP contribution in [-0.2, 0) is 0 Å². The van der Waals surface area contributed by atoms with Crippen molar-refractivity contribution in [3.05, 3.63) is 45.2 Å². The lowest BCUT2D eigenvalue weighted by Crippen LogP contribution is -1.88. The van der Waals surface area contributed by atoms with Gasteiger partial charge in [0.25, 0.3) is 0 Å². The molecule has 0 unspecified atom stereocenters. The van der Waals surface area contributed by atoms with E-state index < -0.39 is 0 Å². The average Bonchev–Trinajstić information content (AvgIpc) is 2.16. The maximum Gasteiger partial charge on any atom is 0.223 e. The minimum Gasteiger partial charge on any atom is -0.218 e. The Hall–Kier alpha value is -0.640. The topological polar surface area (TPSA) is 25.8 Å². The van der Waals surface area contributed by atoms with Crippen molar-refractivity contribution < 1.29 is 0 Å². The molecular formula is C10H5BrCl2N2. The van der Waals surface area contributed by atoms with E-state index in [2.05, 4.69) is 25.9 Å². The highest BCUT2D eigenvalue weighted by Crippen LogP contribution is 2.23. The fraction of sp³-hybridized carbons (Fsp3) is 0. The van der Waals surface area contributed by atoms with Gasteiger partial charge in [-0.3, -0.25) is 0 Å². The molecule has 1 aromatic carbocycles. The number of aromatic nitrogens is 2. The molecule has 0 saturated heterocycles. The van der Waals surface area contributed by atoms with Crippen LogP contribution in [0.15, 0.2) is 34.9 Å².